The number of rotatable bonds is 2. The summed E-state index contributed by atoms with van der Waals surface area (Å²) >= 11 is 0. The van der Waals surface area contributed by atoms with Gasteiger partial charge in [-0.15, -0.1) is 0 Å². The SMILES string of the molecule is C/C(=C/C1(C)CCCCC(C)(C)C1)C(C)(C)N. The molecule has 17 heavy (non-hydrogen) atoms. The lowest BCUT2D eigenvalue weighted by atomic mass is 9.71. The van der Waals surface area contributed by atoms with Crippen molar-refractivity contribution in [3.8, 4) is 0 Å². The maximum absolute atomic E-state index is 6.19. The van der Waals surface area contributed by atoms with Crippen LogP contribution in [0, 0.1) is 10.8 Å². The van der Waals surface area contributed by atoms with Crippen molar-refractivity contribution in [2.24, 2.45) is 16.6 Å². The summed E-state index contributed by atoms with van der Waals surface area (Å²) in [5.41, 5.74) is 8.15. The fourth-order valence-electron chi connectivity index (χ4n) is 3.23. The third-order valence-corrected chi connectivity index (χ3v) is 4.32. The molecule has 2 N–H and O–H groups in total. The smallest absolute Gasteiger partial charge is 0.0308 e. The topological polar surface area (TPSA) is 26.0 Å². The summed E-state index contributed by atoms with van der Waals surface area (Å²) in [6.45, 7) is 13.6. The molecular weight excluding hydrogens is 206 g/mol. The van der Waals surface area contributed by atoms with Gasteiger partial charge in [0.05, 0.1) is 0 Å². The highest BCUT2D eigenvalue weighted by Gasteiger charge is 2.33. The zero-order valence-electron chi connectivity index (χ0n) is 12.7. The van der Waals surface area contributed by atoms with Gasteiger partial charge < -0.3 is 5.73 Å². The van der Waals surface area contributed by atoms with E-state index in [2.05, 4.69) is 47.6 Å². The lowest BCUT2D eigenvalue weighted by molar-refractivity contribution is 0.225. The maximum atomic E-state index is 6.19. The normalized spacial score (nSPS) is 31.1. The van der Waals surface area contributed by atoms with E-state index in [4.69, 9.17) is 5.73 Å². The molecule has 0 radical (unpaired) electrons. The molecule has 1 nitrogen and oxygen atoms in total. The lowest BCUT2D eigenvalue weighted by Gasteiger charge is -2.35. The molecule has 100 valence electrons. The first-order valence-electron chi connectivity index (χ1n) is 7.03. The van der Waals surface area contributed by atoms with Crippen LogP contribution in [0.2, 0.25) is 0 Å². The molecule has 0 saturated heterocycles. The van der Waals surface area contributed by atoms with Gasteiger partial charge in [0.15, 0.2) is 0 Å². The summed E-state index contributed by atoms with van der Waals surface area (Å²) in [5.74, 6) is 0. The maximum Gasteiger partial charge on any atom is 0.0308 e. The summed E-state index contributed by atoms with van der Waals surface area (Å²) in [5, 5.41) is 0. The molecule has 1 fully saturated rings. The summed E-state index contributed by atoms with van der Waals surface area (Å²) < 4.78 is 0. The highest BCUT2D eigenvalue weighted by atomic mass is 14.7. The van der Waals surface area contributed by atoms with Crippen LogP contribution in [0.15, 0.2) is 11.6 Å². The van der Waals surface area contributed by atoms with Crippen molar-refractivity contribution in [1.82, 2.24) is 0 Å². The number of hydrogen-bond donors (Lipinski definition) is 1. The zero-order valence-corrected chi connectivity index (χ0v) is 12.7. The van der Waals surface area contributed by atoms with E-state index >= 15 is 0 Å². The van der Waals surface area contributed by atoms with E-state index in [1.165, 1.54) is 37.7 Å². The number of allylic oxidation sites excluding steroid dienone is 1. The second-order valence-corrected chi connectivity index (χ2v) is 7.75. The minimum Gasteiger partial charge on any atom is -0.322 e. The predicted octanol–water partition coefficient (Wildman–Crippen LogP) is 4.67. The third-order valence-electron chi connectivity index (χ3n) is 4.32. The quantitative estimate of drug-likeness (QED) is 0.548. The molecule has 0 amide bonds. The number of nitrogens with two attached hydrogens (primary N) is 1. The van der Waals surface area contributed by atoms with Crippen molar-refractivity contribution >= 4 is 0 Å². The Bertz CT molecular complexity index is 293. The van der Waals surface area contributed by atoms with Crippen LogP contribution >= 0.6 is 0 Å². The van der Waals surface area contributed by atoms with Gasteiger partial charge in [-0.1, -0.05) is 45.3 Å². The minimum atomic E-state index is -0.181. The van der Waals surface area contributed by atoms with E-state index in [0.29, 0.717) is 10.8 Å². The molecule has 0 aromatic carbocycles. The summed E-state index contributed by atoms with van der Waals surface area (Å²) in [6.07, 6.45) is 9.15. The molecule has 1 atom stereocenters. The number of hydrogen-bond acceptors (Lipinski definition) is 1. The molecule has 1 unspecified atom stereocenters. The lowest BCUT2D eigenvalue weighted by Crippen LogP contribution is -2.34. The average molecular weight is 237 g/mol. The molecule has 1 heteroatoms. The molecule has 0 aromatic rings. The van der Waals surface area contributed by atoms with Gasteiger partial charge in [0.1, 0.15) is 0 Å². The van der Waals surface area contributed by atoms with E-state index in [0.717, 1.165) is 0 Å². The van der Waals surface area contributed by atoms with Crippen LogP contribution in [-0.4, -0.2) is 5.54 Å². The second-order valence-electron chi connectivity index (χ2n) is 7.75. The highest BCUT2D eigenvalue weighted by molar-refractivity contribution is 5.18. The fourth-order valence-corrected chi connectivity index (χ4v) is 3.23. The van der Waals surface area contributed by atoms with Gasteiger partial charge in [0.2, 0.25) is 0 Å². The summed E-state index contributed by atoms with van der Waals surface area (Å²) in [6, 6.07) is 0. The van der Waals surface area contributed by atoms with E-state index in [1.54, 1.807) is 0 Å². The van der Waals surface area contributed by atoms with Crippen LogP contribution < -0.4 is 5.73 Å². The van der Waals surface area contributed by atoms with Crippen molar-refractivity contribution in [3.63, 3.8) is 0 Å². The van der Waals surface area contributed by atoms with E-state index in [-0.39, 0.29) is 5.54 Å². The molecule has 0 bridgehead atoms. The van der Waals surface area contributed by atoms with Crippen LogP contribution in [-0.2, 0) is 0 Å². The van der Waals surface area contributed by atoms with Gasteiger partial charge in [-0.05, 0) is 50.9 Å². The van der Waals surface area contributed by atoms with Gasteiger partial charge in [-0.3, -0.25) is 0 Å². The Morgan fingerprint density at radius 2 is 1.65 bits per heavy atom. The Morgan fingerprint density at radius 3 is 2.18 bits per heavy atom. The monoisotopic (exact) mass is 237 g/mol. The average Bonchev–Trinajstić information content (AvgIpc) is 2.21. The molecular formula is C16H31N. The van der Waals surface area contributed by atoms with Crippen molar-refractivity contribution < 1.29 is 0 Å². The van der Waals surface area contributed by atoms with Crippen molar-refractivity contribution in [1.29, 1.82) is 0 Å². The predicted molar refractivity (Wildman–Crippen MR) is 77.0 cm³/mol. The molecule has 0 heterocycles. The van der Waals surface area contributed by atoms with Crippen molar-refractivity contribution in [2.75, 3.05) is 0 Å². The van der Waals surface area contributed by atoms with Crippen LogP contribution in [0.1, 0.15) is 73.6 Å². The Morgan fingerprint density at radius 1 is 1.12 bits per heavy atom. The zero-order chi connectivity index (χ0) is 13.3. The standard InChI is InChI=1S/C16H31N/c1-13(15(4,5)17)11-16(6)10-8-7-9-14(2,3)12-16/h11H,7-10,12,17H2,1-6H3/b13-11-. The van der Waals surface area contributed by atoms with Crippen LogP contribution in [0.5, 0.6) is 0 Å². The van der Waals surface area contributed by atoms with Crippen molar-refractivity contribution in [3.05, 3.63) is 11.6 Å². The van der Waals surface area contributed by atoms with E-state index < -0.39 is 0 Å². The highest BCUT2D eigenvalue weighted by Crippen LogP contribution is 2.45. The molecule has 1 aliphatic carbocycles. The van der Waals surface area contributed by atoms with Crippen LogP contribution in [0.25, 0.3) is 0 Å². The largest absolute Gasteiger partial charge is 0.322 e. The van der Waals surface area contributed by atoms with Gasteiger partial charge in [0.25, 0.3) is 0 Å². The molecule has 1 aliphatic rings. The Hall–Kier alpha value is -0.300. The molecule has 0 aliphatic heterocycles. The first-order chi connectivity index (χ1) is 7.54. The Balaban J connectivity index is 2.93. The first kappa shape index (κ1) is 14.8. The van der Waals surface area contributed by atoms with Gasteiger partial charge in [-0.25, -0.2) is 0 Å². The van der Waals surface area contributed by atoms with E-state index in [1.807, 2.05) is 0 Å². The summed E-state index contributed by atoms with van der Waals surface area (Å²) in [4.78, 5) is 0. The molecule has 1 saturated carbocycles. The van der Waals surface area contributed by atoms with Gasteiger partial charge in [0, 0.05) is 5.54 Å². The fraction of sp³-hybridized carbons (Fsp3) is 0.875. The first-order valence-corrected chi connectivity index (χ1v) is 7.03. The minimum absolute atomic E-state index is 0.181. The third kappa shape index (κ3) is 4.46. The van der Waals surface area contributed by atoms with Gasteiger partial charge >= 0.3 is 0 Å². The van der Waals surface area contributed by atoms with E-state index in [9.17, 15) is 0 Å². The van der Waals surface area contributed by atoms with Crippen LogP contribution in [0.4, 0.5) is 0 Å². The Labute approximate surface area is 108 Å². The van der Waals surface area contributed by atoms with Crippen molar-refractivity contribution in [2.45, 2.75) is 79.2 Å². The molecule has 0 aromatic heterocycles. The second kappa shape index (κ2) is 4.76. The van der Waals surface area contributed by atoms with Crippen LogP contribution in [0.3, 0.4) is 0 Å². The summed E-state index contributed by atoms with van der Waals surface area (Å²) in [7, 11) is 0. The molecule has 0 spiro atoms. The van der Waals surface area contributed by atoms with Gasteiger partial charge in [-0.2, -0.15) is 0 Å². The Kier molecular flexibility index (Phi) is 4.13. The molecule has 1 rings (SSSR count).